The summed E-state index contributed by atoms with van der Waals surface area (Å²) < 4.78 is 0. The smallest absolute Gasteiger partial charge is 0.309 e. The van der Waals surface area contributed by atoms with E-state index in [1.165, 1.54) is 6.21 Å². The fourth-order valence-electron chi connectivity index (χ4n) is 2.98. The first-order chi connectivity index (χ1) is 9.90. The van der Waals surface area contributed by atoms with Gasteiger partial charge in [-0.05, 0) is 37.0 Å². The number of carboxylic acids is 1. The predicted octanol–water partition coefficient (Wildman–Crippen LogP) is 2.18. The van der Waals surface area contributed by atoms with Crippen LogP contribution in [0.5, 0.6) is 0 Å². The van der Waals surface area contributed by atoms with Crippen molar-refractivity contribution in [3.8, 4) is 0 Å². The Labute approximate surface area is 123 Å². The molecule has 2 atom stereocenters. The highest BCUT2D eigenvalue weighted by atomic mass is 16.4. The van der Waals surface area contributed by atoms with E-state index in [0.29, 0.717) is 30.4 Å². The van der Waals surface area contributed by atoms with Crippen LogP contribution in [0.1, 0.15) is 47.2 Å². The number of hydrogen-bond acceptors (Lipinski definition) is 4. The van der Waals surface area contributed by atoms with E-state index >= 15 is 0 Å². The summed E-state index contributed by atoms with van der Waals surface area (Å²) in [6, 6.07) is 4.78. The highest BCUT2D eigenvalue weighted by Gasteiger charge is 2.49. The van der Waals surface area contributed by atoms with Gasteiger partial charge in [0.15, 0.2) is 5.78 Å². The fraction of sp³-hybridized carbons (Fsp3) is 0.438. The van der Waals surface area contributed by atoms with Crippen molar-refractivity contribution in [3.63, 3.8) is 0 Å². The number of rotatable bonds is 4. The van der Waals surface area contributed by atoms with Gasteiger partial charge in [0, 0.05) is 11.8 Å². The predicted molar refractivity (Wildman–Crippen MR) is 77.9 cm³/mol. The molecule has 2 unspecified atom stereocenters. The number of carbonyl (C=O) groups is 2. The number of carboxylic acid groups (broad SMARTS) is 1. The molecular formula is C16H19NO4. The quantitative estimate of drug-likeness (QED) is 0.584. The Bertz CT molecular complexity index is 596. The Morgan fingerprint density at radius 1 is 1.38 bits per heavy atom. The summed E-state index contributed by atoms with van der Waals surface area (Å²) in [5.41, 5.74) is -0.0873. The van der Waals surface area contributed by atoms with E-state index < -0.39 is 23.3 Å². The average molecular weight is 289 g/mol. The fourth-order valence-corrected chi connectivity index (χ4v) is 2.98. The minimum Gasteiger partial charge on any atom is -0.481 e. The normalized spacial score (nSPS) is 25.3. The summed E-state index contributed by atoms with van der Waals surface area (Å²) in [5.74, 6) is -2.71. The number of nitrogens with one attached hydrogen (secondary N) is 1. The molecule has 0 aliphatic heterocycles. The summed E-state index contributed by atoms with van der Waals surface area (Å²) >= 11 is 0. The lowest BCUT2D eigenvalue weighted by Crippen LogP contribution is -2.51. The zero-order chi connectivity index (χ0) is 15.6. The monoisotopic (exact) mass is 289 g/mol. The summed E-state index contributed by atoms with van der Waals surface area (Å²) in [5, 5.41) is 27.2. The molecule has 3 N–H and O–H groups in total. The molecule has 0 spiro atoms. The summed E-state index contributed by atoms with van der Waals surface area (Å²) in [6.45, 7) is 1.77. The van der Waals surface area contributed by atoms with Crippen LogP contribution in [0.4, 0.5) is 0 Å². The van der Waals surface area contributed by atoms with E-state index in [9.17, 15) is 19.8 Å². The van der Waals surface area contributed by atoms with Gasteiger partial charge in [-0.25, -0.2) is 0 Å². The van der Waals surface area contributed by atoms with Gasteiger partial charge in [0.2, 0.25) is 0 Å². The van der Waals surface area contributed by atoms with Crippen LogP contribution >= 0.6 is 0 Å². The van der Waals surface area contributed by atoms with Crippen molar-refractivity contribution in [1.29, 1.82) is 5.41 Å². The Morgan fingerprint density at radius 2 is 2.10 bits per heavy atom. The minimum atomic E-state index is -1.83. The summed E-state index contributed by atoms with van der Waals surface area (Å²) in [7, 11) is 0. The summed E-state index contributed by atoms with van der Waals surface area (Å²) in [4.78, 5) is 23.9. The third-order valence-electron chi connectivity index (χ3n) is 4.26. The highest BCUT2D eigenvalue weighted by molar-refractivity contribution is 6.05. The third-order valence-corrected chi connectivity index (χ3v) is 4.26. The number of ketones is 1. The van der Waals surface area contributed by atoms with Crippen molar-refractivity contribution in [2.24, 2.45) is 5.92 Å². The molecule has 1 saturated carbocycles. The lowest BCUT2D eigenvalue weighted by molar-refractivity contribution is -0.151. The molecule has 112 valence electrons. The number of aryl methyl sites for hydroxylation is 1. The molecule has 0 aromatic heterocycles. The second-order valence-electron chi connectivity index (χ2n) is 5.61. The molecule has 1 aliphatic rings. The van der Waals surface area contributed by atoms with Crippen LogP contribution in [0.15, 0.2) is 18.2 Å². The second-order valence-corrected chi connectivity index (χ2v) is 5.61. The van der Waals surface area contributed by atoms with Gasteiger partial charge in [-0.1, -0.05) is 25.0 Å². The van der Waals surface area contributed by atoms with Gasteiger partial charge in [0.1, 0.15) is 5.60 Å². The van der Waals surface area contributed by atoms with E-state index in [0.717, 1.165) is 5.56 Å². The molecule has 0 heterocycles. The first kappa shape index (κ1) is 15.4. The first-order valence-corrected chi connectivity index (χ1v) is 7.01. The molecule has 1 aromatic rings. The number of benzene rings is 1. The van der Waals surface area contributed by atoms with Gasteiger partial charge in [-0.3, -0.25) is 9.59 Å². The van der Waals surface area contributed by atoms with Gasteiger partial charge >= 0.3 is 5.97 Å². The molecule has 1 fully saturated rings. The maximum Gasteiger partial charge on any atom is 0.309 e. The molecule has 0 saturated heterocycles. The van der Waals surface area contributed by atoms with Crippen molar-refractivity contribution in [2.75, 3.05) is 0 Å². The SMILES string of the molecule is Cc1cc(C(=O)C2(O)CCCCC2C(=O)O)ccc1C=N. The Balaban J connectivity index is 2.39. The van der Waals surface area contributed by atoms with Crippen LogP contribution in [0, 0.1) is 18.3 Å². The zero-order valence-corrected chi connectivity index (χ0v) is 11.9. The van der Waals surface area contributed by atoms with Crippen molar-refractivity contribution in [3.05, 3.63) is 34.9 Å². The number of aliphatic hydroxyl groups is 1. The molecule has 1 aromatic carbocycles. The number of aliphatic carboxylic acids is 1. The van der Waals surface area contributed by atoms with Crippen molar-refractivity contribution in [2.45, 2.75) is 38.2 Å². The van der Waals surface area contributed by atoms with Gasteiger partial charge in [0.05, 0.1) is 5.92 Å². The molecule has 1 aliphatic carbocycles. The second kappa shape index (κ2) is 5.77. The highest BCUT2D eigenvalue weighted by Crippen LogP contribution is 2.36. The van der Waals surface area contributed by atoms with Crippen LogP contribution in [-0.4, -0.2) is 33.8 Å². The van der Waals surface area contributed by atoms with E-state index in [1.807, 2.05) is 0 Å². The maximum atomic E-state index is 12.6. The summed E-state index contributed by atoms with van der Waals surface area (Å²) in [6.07, 6.45) is 3.03. The van der Waals surface area contributed by atoms with Gasteiger partial charge in [-0.15, -0.1) is 0 Å². The van der Waals surface area contributed by atoms with Crippen LogP contribution in [0.3, 0.4) is 0 Å². The van der Waals surface area contributed by atoms with Gasteiger partial charge < -0.3 is 15.6 Å². The number of carbonyl (C=O) groups excluding carboxylic acids is 1. The van der Waals surface area contributed by atoms with E-state index in [2.05, 4.69) is 0 Å². The molecule has 2 rings (SSSR count). The van der Waals surface area contributed by atoms with Crippen LogP contribution in [0.2, 0.25) is 0 Å². The largest absolute Gasteiger partial charge is 0.481 e. The molecular weight excluding hydrogens is 270 g/mol. The first-order valence-electron chi connectivity index (χ1n) is 7.01. The van der Waals surface area contributed by atoms with E-state index in [1.54, 1.807) is 25.1 Å². The topological polar surface area (TPSA) is 98.4 Å². The van der Waals surface area contributed by atoms with Crippen LogP contribution < -0.4 is 0 Å². The lowest BCUT2D eigenvalue weighted by Gasteiger charge is -2.36. The molecule has 0 bridgehead atoms. The van der Waals surface area contributed by atoms with Gasteiger partial charge in [0.25, 0.3) is 0 Å². The number of Topliss-reactive ketones (excluding diaryl/α,β-unsaturated/α-hetero) is 1. The van der Waals surface area contributed by atoms with Crippen molar-refractivity contribution in [1.82, 2.24) is 0 Å². The van der Waals surface area contributed by atoms with Crippen LogP contribution in [-0.2, 0) is 4.79 Å². The Hall–Kier alpha value is -2.01. The van der Waals surface area contributed by atoms with E-state index in [4.69, 9.17) is 5.41 Å². The van der Waals surface area contributed by atoms with E-state index in [-0.39, 0.29) is 6.42 Å². The lowest BCUT2D eigenvalue weighted by atomic mass is 9.71. The average Bonchev–Trinajstić information content (AvgIpc) is 2.46. The minimum absolute atomic E-state index is 0.175. The van der Waals surface area contributed by atoms with Crippen molar-refractivity contribution < 1.29 is 19.8 Å². The zero-order valence-electron chi connectivity index (χ0n) is 11.9. The molecule has 5 nitrogen and oxygen atoms in total. The van der Waals surface area contributed by atoms with Crippen LogP contribution in [0.25, 0.3) is 0 Å². The third kappa shape index (κ3) is 2.74. The van der Waals surface area contributed by atoms with Crippen molar-refractivity contribution >= 4 is 18.0 Å². The standard InChI is InChI=1S/C16H19NO4/c1-10-8-11(5-6-12(10)9-17)14(18)16(21)7-3-2-4-13(16)15(19)20/h5-6,8-9,13,17,21H,2-4,7H2,1H3,(H,19,20). The number of hydrogen-bond donors (Lipinski definition) is 3. The molecule has 5 heteroatoms. The van der Waals surface area contributed by atoms with Gasteiger partial charge in [-0.2, -0.15) is 0 Å². The molecule has 21 heavy (non-hydrogen) atoms. The Morgan fingerprint density at radius 3 is 2.67 bits per heavy atom. The Kier molecular flexibility index (Phi) is 4.23. The maximum absolute atomic E-state index is 12.6. The molecule has 0 amide bonds. The molecule has 0 radical (unpaired) electrons.